The van der Waals surface area contributed by atoms with Crippen LogP contribution in [0.25, 0.3) is 0 Å². The molecule has 12 rings (SSSR count). The first kappa shape index (κ1) is 72.6. The summed E-state index contributed by atoms with van der Waals surface area (Å²) in [6.45, 7) is 27.8. The van der Waals surface area contributed by atoms with E-state index in [1.165, 1.54) is 25.7 Å². The van der Waals surface area contributed by atoms with Crippen LogP contribution < -0.4 is 0 Å². The van der Waals surface area contributed by atoms with Gasteiger partial charge in [0.15, 0.2) is 46.5 Å². The van der Waals surface area contributed by atoms with Crippen LogP contribution in [0.1, 0.15) is 206 Å². The van der Waals surface area contributed by atoms with E-state index >= 15 is 17.6 Å². The van der Waals surface area contributed by atoms with E-state index in [9.17, 15) is 17.6 Å². The quantitative estimate of drug-likeness (QED) is 0.0546. The molecule has 2 aromatic rings. The third kappa shape index (κ3) is 15.0. The summed E-state index contributed by atoms with van der Waals surface area (Å²) in [6, 6.07) is 0. The predicted octanol–water partition coefficient (Wildman–Crippen LogP) is 18.1. The standard InChI is InChI=1S/2C34H46F4O2.2H2O.2Rh/c2*1-17(2)23-9-7-19(5)11-27(23)39-15-21-13-26-22(16-40-28-12-20(6)8-10-24(28)18(3)4)14-25(21)29-30(26)32(36)34(38)33(37)31(29)35;;;;/h2*13-14,17-20,23-28H,7-12,15-16H2,1-6H3;2*1H2;;/p-2/t2*19-,20-,23+,24+,25-,26-,27-,28-;;;;/m11..../s1. The van der Waals surface area contributed by atoms with Crippen LogP contribution in [-0.2, 0) is 57.9 Å². The molecule has 16 atom stereocenters. The zero-order chi connectivity index (χ0) is 57.8. The Morgan fingerprint density at radius 2 is 0.500 bits per heavy atom. The van der Waals surface area contributed by atoms with Crippen molar-refractivity contribution in [1.82, 2.24) is 0 Å². The molecule has 478 valence electrons. The van der Waals surface area contributed by atoms with Gasteiger partial charge in [0.05, 0.1) is 50.8 Å². The first-order valence-electron chi connectivity index (χ1n) is 30.9. The molecule has 10 aliphatic rings. The Kier molecular flexibility index (Phi) is 26.4. The van der Waals surface area contributed by atoms with Gasteiger partial charge < -0.3 is 29.9 Å². The molecule has 84 heavy (non-hydrogen) atoms. The first-order valence-corrected chi connectivity index (χ1v) is 30.9. The Balaban J connectivity index is 0.000000293. The molecule has 0 spiro atoms. The van der Waals surface area contributed by atoms with Crippen LogP contribution in [0, 0.1) is 118 Å². The number of hydrogen-bond acceptors (Lipinski definition) is 6. The minimum absolute atomic E-state index is 0. The Morgan fingerprint density at radius 1 is 0.321 bits per heavy atom. The van der Waals surface area contributed by atoms with Gasteiger partial charge in [-0.05, 0) is 145 Å². The monoisotopic (exact) mass is 1360 g/mol. The van der Waals surface area contributed by atoms with Crippen LogP contribution >= 0.6 is 0 Å². The second-order valence-corrected chi connectivity index (χ2v) is 27.7. The third-order valence-electron chi connectivity index (χ3n) is 20.7. The summed E-state index contributed by atoms with van der Waals surface area (Å²) in [4.78, 5) is 0. The van der Waals surface area contributed by atoms with Gasteiger partial charge in [-0.1, -0.05) is 133 Å². The summed E-state index contributed by atoms with van der Waals surface area (Å²) >= 11 is 0. The van der Waals surface area contributed by atoms with Crippen molar-refractivity contribution in [3.05, 3.63) is 115 Å². The van der Waals surface area contributed by atoms with E-state index in [1.54, 1.807) is 0 Å². The molecule has 2 N–H and O–H groups in total. The third-order valence-corrected chi connectivity index (χ3v) is 20.7. The molecule has 2 radical (unpaired) electrons. The van der Waals surface area contributed by atoms with E-state index < -0.39 is 70.2 Å². The maximum atomic E-state index is 15.2. The molecular weight excluding hydrogens is 1270 g/mol. The summed E-state index contributed by atoms with van der Waals surface area (Å²) in [5.74, 6) is -8.96. The smallest absolute Gasteiger partial charge is 0.197 e. The fraction of sp³-hybridized carbons (Fsp3) is 0.706. The second-order valence-electron chi connectivity index (χ2n) is 27.7. The SMILES string of the molecule is CC(C)[C@@H]1CC[C@@H](C)C[C@H]1OCC1=C[C@@H]2C(CO[C@@H]3C[C@H](C)CC[C@H]3C(C)C)=C[C@H]1c1c(F)c(F)c(F)c(F)c12.CC(C)[C@@H]1CC[C@@H](C)C[C@H]1OCC1=C[C@@H]2C(CO[C@@H]3C[C@H](C)CC[C@H]3C(C)C)=C[C@H]1c1c(F)c(F)c(F)c(F)c12.[OH-].[OH-].[Rh].[Rh]. The second kappa shape index (κ2) is 30.6. The van der Waals surface area contributed by atoms with Gasteiger partial charge >= 0.3 is 0 Å². The molecule has 0 heterocycles. The Labute approximate surface area is 522 Å². The van der Waals surface area contributed by atoms with Crippen LogP contribution in [-0.4, -0.2) is 61.8 Å². The van der Waals surface area contributed by atoms with Gasteiger partial charge in [0.25, 0.3) is 0 Å². The van der Waals surface area contributed by atoms with E-state index in [0.717, 1.165) is 73.7 Å². The molecule has 0 aliphatic heterocycles. The molecule has 6 nitrogen and oxygen atoms in total. The van der Waals surface area contributed by atoms with E-state index in [-0.39, 0.29) is 123 Å². The van der Waals surface area contributed by atoms with E-state index in [2.05, 4.69) is 83.1 Å². The zero-order valence-corrected chi connectivity index (χ0v) is 54.7. The van der Waals surface area contributed by atoms with Crippen molar-refractivity contribution in [2.24, 2.45) is 71.0 Å². The van der Waals surface area contributed by atoms with Crippen molar-refractivity contribution in [2.45, 2.75) is 208 Å². The van der Waals surface area contributed by atoms with Crippen molar-refractivity contribution >= 4 is 0 Å². The molecule has 10 aliphatic carbocycles. The topological polar surface area (TPSA) is 96.9 Å². The Hall–Kier alpha value is -2.15. The first-order chi connectivity index (χ1) is 37.9. The maximum absolute atomic E-state index is 15.2. The van der Waals surface area contributed by atoms with Crippen molar-refractivity contribution in [3.63, 3.8) is 0 Å². The van der Waals surface area contributed by atoms with Crippen molar-refractivity contribution < 1.29 is 104 Å². The Morgan fingerprint density at radius 3 is 0.667 bits per heavy atom. The van der Waals surface area contributed by atoms with E-state index in [4.69, 9.17) is 18.9 Å². The summed E-state index contributed by atoms with van der Waals surface area (Å²) in [6.07, 6.45) is 21.0. The minimum atomic E-state index is -1.74. The van der Waals surface area contributed by atoms with Crippen molar-refractivity contribution in [1.29, 1.82) is 0 Å². The molecule has 4 fully saturated rings. The van der Waals surface area contributed by atoms with E-state index in [0.29, 0.717) is 71.0 Å². The van der Waals surface area contributed by atoms with Gasteiger partial charge in [0, 0.05) is 84.9 Å². The molecule has 0 aromatic heterocycles. The predicted molar refractivity (Wildman–Crippen MR) is 304 cm³/mol. The molecule has 0 saturated heterocycles. The molecule has 4 saturated carbocycles. The maximum Gasteiger partial charge on any atom is 0.197 e. The van der Waals surface area contributed by atoms with Gasteiger partial charge in [-0.3, -0.25) is 0 Å². The van der Waals surface area contributed by atoms with Crippen molar-refractivity contribution in [3.8, 4) is 0 Å². The summed E-state index contributed by atoms with van der Waals surface area (Å²) < 4.78 is 145. The number of ether oxygens (including phenoxy) is 4. The average molecular weight is 1370 g/mol. The van der Waals surface area contributed by atoms with Crippen LogP contribution in [0.15, 0.2) is 46.6 Å². The summed E-state index contributed by atoms with van der Waals surface area (Å²) in [7, 11) is 0. The number of allylic oxidation sites excluding steroid dienone is 4. The molecular formula is C68H94F8O6Rh2-2. The van der Waals surface area contributed by atoms with Gasteiger partial charge in [-0.2, -0.15) is 0 Å². The molecule has 16 heteroatoms. The minimum Gasteiger partial charge on any atom is -0.870 e. The van der Waals surface area contributed by atoms with Crippen LogP contribution in [0.3, 0.4) is 0 Å². The number of hydrogen-bond donors (Lipinski definition) is 0. The normalized spacial score (nSPS) is 32.2. The van der Waals surface area contributed by atoms with Gasteiger partial charge in [0.2, 0.25) is 0 Å². The Bertz CT molecular complexity index is 2330. The van der Waals surface area contributed by atoms with Crippen LogP contribution in [0.4, 0.5) is 35.1 Å². The fourth-order valence-corrected chi connectivity index (χ4v) is 15.9. The summed E-state index contributed by atoms with van der Waals surface area (Å²) in [5.41, 5.74) is 2.81. The van der Waals surface area contributed by atoms with Crippen LogP contribution in [0.5, 0.6) is 0 Å². The van der Waals surface area contributed by atoms with Gasteiger partial charge in [-0.15, -0.1) is 0 Å². The average Bonchev–Trinajstić information content (AvgIpc) is 1.21. The molecule has 0 amide bonds. The van der Waals surface area contributed by atoms with Gasteiger partial charge in [0.1, 0.15) is 0 Å². The van der Waals surface area contributed by atoms with Crippen molar-refractivity contribution in [2.75, 3.05) is 26.4 Å². The largest absolute Gasteiger partial charge is 0.870 e. The molecule has 4 bridgehead atoms. The molecule has 0 unspecified atom stereocenters. The number of rotatable bonds is 16. The zero-order valence-electron chi connectivity index (χ0n) is 51.4. The number of halogens is 8. The molecule has 2 aromatic carbocycles. The van der Waals surface area contributed by atoms with Crippen LogP contribution in [0.2, 0.25) is 0 Å². The number of benzene rings is 2. The van der Waals surface area contributed by atoms with Gasteiger partial charge in [-0.25, -0.2) is 35.1 Å². The fourth-order valence-electron chi connectivity index (χ4n) is 15.9. The summed E-state index contributed by atoms with van der Waals surface area (Å²) in [5, 5.41) is 0. The van der Waals surface area contributed by atoms with E-state index in [1.807, 2.05) is 24.3 Å².